The normalized spacial score (nSPS) is 27.7. The highest BCUT2D eigenvalue weighted by atomic mass is 14.9. The van der Waals surface area contributed by atoms with Crippen molar-refractivity contribution in [2.75, 3.05) is 6.54 Å². The number of nitrogens with one attached hydrogen (secondary N) is 1. The zero-order valence-corrected chi connectivity index (χ0v) is 9.47. The third-order valence-electron chi connectivity index (χ3n) is 3.02. The molecule has 0 amide bonds. The second kappa shape index (κ2) is 5.64. The Labute approximate surface area is 83.3 Å². The molecule has 1 aliphatic rings. The van der Waals surface area contributed by atoms with E-state index in [0.717, 1.165) is 17.9 Å². The summed E-state index contributed by atoms with van der Waals surface area (Å²) in [6, 6.07) is 0.851. The van der Waals surface area contributed by atoms with Crippen molar-refractivity contribution < 1.29 is 0 Å². The van der Waals surface area contributed by atoms with Gasteiger partial charge in [-0.3, -0.25) is 0 Å². The summed E-state index contributed by atoms with van der Waals surface area (Å²) < 4.78 is 0. The molecule has 0 bridgehead atoms. The molecule has 13 heavy (non-hydrogen) atoms. The van der Waals surface area contributed by atoms with Gasteiger partial charge in [-0.25, -0.2) is 0 Å². The van der Waals surface area contributed by atoms with E-state index >= 15 is 0 Å². The summed E-state index contributed by atoms with van der Waals surface area (Å²) in [6.45, 7) is 8.04. The number of hydrogen-bond donors (Lipinski definition) is 1. The minimum atomic E-state index is 0.801. The number of hydrogen-bond acceptors (Lipinski definition) is 1. The molecule has 1 N–H and O–H groups in total. The van der Waals surface area contributed by atoms with Gasteiger partial charge in [0.2, 0.25) is 0 Å². The van der Waals surface area contributed by atoms with Gasteiger partial charge in [0, 0.05) is 6.04 Å². The summed E-state index contributed by atoms with van der Waals surface area (Å²) >= 11 is 0. The molecule has 1 nitrogen and oxygen atoms in total. The maximum atomic E-state index is 3.62. The molecule has 0 radical (unpaired) electrons. The Morgan fingerprint density at radius 3 is 2.54 bits per heavy atom. The SMILES string of the molecule is CCCCC1CC(NCC(C)C)C1. The minimum Gasteiger partial charge on any atom is -0.314 e. The lowest BCUT2D eigenvalue weighted by Crippen LogP contribution is -2.42. The van der Waals surface area contributed by atoms with Crippen molar-refractivity contribution in [3.63, 3.8) is 0 Å². The van der Waals surface area contributed by atoms with E-state index in [1.165, 1.54) is 38.6 Å². The van der Waals surface area contributed by atoms with Crippen LogP contribution in [0.5, 0.6) is 0 Å². The van der Waals surface area contributed by atoms with E-state index in [0.29, 0.717) is 0 Å². The third-order valence-corrected chi connectivity index (χ3v) is 3.02. The van der Waals surface area contributed by atoms with Gasteiger partial charge in [-0.1, -0.05) is 40.0 Å². The van der Waals surface area contributed by atoms with Gasteiger partial charge < -0.3 is 5.32 Å². The molecule has 1 rings (SSSR count). The minimum absolute atomic E-state index is 0.801. The molecule has 1 saturated carbocycles. The van der Waals surface area contributed by atoms with Gasteiger partial charge in [0.25, 0.3) is 0 Å². The maximum Gasteiger partial charge on any atom is 0.00724 e. The van der Waals surface area contributed by atoms with E-state index < -0.39 is 0 Å². The monoisotopic (exact) mass is 183 g/mol. The van der Waals surface area contributed by atoms with Crippen molar-refractivity contribution in [3.8, 4) is 0 Å². The quantitative estimate of drug-likeness (QED) is 0.667. The van der Waals surface area contributed by atoms with Gasteiger partial charge in [0.15, 0.2) is 0 Å². The Balaban J connectivity index is 1.92. The highest BCUT2D eigenvalue weighted by Crippen LogP contribution is 2.31. The van der Waals surface area contributed by atoms with Gasteiger partial charge in [-0.15, -0.1) is 0 Å². The van der Waals surface area contributed by atoms with Crippen LogP contribution in [-0.2, 0) is 0 Å². The Hall–Kier alpha value is -0.0400. The smallest absolute Gasteiger partial charge is 0.00724 e. The fraction of sp³-hybridized carbons (Fsp3) is 1.00. The van der Waals surface area contributed by atoms with Crippen LogP contribution in [0.1, 0.15) is 52.9 Å². The molecule has 0 atom stereocenters. The largest absolute Gasteiger partial charge is 0.314 e. The van der Waals surface area contributed by atoms with Gasteiger partial charge in [-0.2, -0.15) is 0 Å². The molecule has 0 aromatic carbocycles. The predicted octanol–water partition coefficient (Wildman–Crippen LogP) is 3.20. The van der Waals surface area contributed by atoms with Crippen molar-refractivity contribution in [2.45, 2.75) is 58.9 Å². The molecule has 0 aromatic rings. The van der Waals surface area contributed by atoms with E-state index in [-0.39, 0.29) is 0 Å². The number of rotatable bonds is 6. The van der Waals surface area contributed by atoms with Crippen molar-refractivity contribution >= 4 is 0 Å². The van der Waals surface area contributed by atoms with Gasteiger partial charge in [0.1, 0.15) is 0 Å². The lowest BCUT2D eigenvalue weighted by atomic mass is 9.77. The molecule has 0 aromatic heterocycles. The molecule has 0 heterocycles. The van der Waals surface area contributed by atoms with Crippen LogP contribution in [0.4, 0.5) is 0 Å². The highest BCUT2D eigenvalue weighted by Gasteiger charge is 2.27. The molecule has 78 valence electrons. The Kier molecular flexibility index (Phi) is 4.79. The summed E-state index contributed by atoms with van der Waals surface area (Å²) in [5, 5.41) is 3.62. The second-order valence-electron chi connectivity index (χ2n) is 4.98. The van der Waals surface area contributed by atoms with Crippen LogP contribution in [0, 0.1) is 11.8 Å². The van der Waals surface area contributed by atoms with Crippen LogP contribution in [0.2, 0.25) is 0 Å². The van der Waals surface area contributed by atoms with Crippen molar-refractivity contribution in [3.05, 3.63) is 0 Å². The standard InChI is InChI=1S/C12H25N/c1-4-5-6-11-7-12(8-11)13-9-10(2)3/h10-13H,4-9H2,1-3H3. The Bertz CT molecular complexity index is 125. The van der Waals surface area contributed by atoms with Crippen LogP contribution in [0.25, 0.3) is 0 Å². The molecule has 0 unspecified atom stereocenters. The van der Waals surface area contributed by atoms with E-state index in [1.54, 1.807) is 0 Å². The average molecular weight is 183 g/mol. The first-order valence-corrected chi connectivity index (χ1v) is 5.95. The topological polar surface area (TPSA) is 12.0 Å². The van der Waals surface area contributed by atoms with Crippen molar-refractivity contribution in [1.82, 2.24) is 5.32 Å². The Morgan fingerprint density at radius 1 is 1.31 bits per heavy atom. The van der Waals surface area contributed by atoms with Crippen LogP contribution in [-0.4, -0.2) is 12.6 Å². The van der Waals surface area contributed by atoms with E-state index in [9.17, 15) is 0 Å². The average Bonchev–Trinajstić information content (AvgIpc) is 2.00. The summed E-state index contributed by atoms with van der Waals surface area (Å²) in [5.41, 5.74) is 0. The number of unbranched alkanes of at least 4 members (excludes halogenated alkanes) is 1. The lowest BCUT2D eigenvalue weighted by molar-refractivity contribution is 0.202. The highest BCUT2D eigenvalue weighted by molar-refractivity contribution is 4.84. The summed E-state index contributed by atoms with van der Waals surface area (Å²) in [6.07, 6.45) is 7.14. The van der Waals surface area contributed by atoms with Crippen LogP contribution in [0.15, 0.2) is 0 Å². The molecule has 1 heteroatoms. The second-order valence-corrected chi connectivity index (χ2v) is 4.98. The van der Waals surface area contributed by atoms with Crippen LogP contribution in [0.3, 0.4) is 0 Å². The maximum absolute atomic E-state index is 3.62. The fourth-order valence-corrected chi connectivity index (χ4v) is 2.03. The Morgan fingerprint density at radius 2 is 2.00 bits per heavy atom. The van der Waals surface area contributed by atoms with Gasteiger partial charge in [-0.05, 0) is 31.2 Å². The fourth-order valence-electron chi connectivity index (χ4n) is 2.03. The van der Waals surface area contributed by atoms with Crippen LogP contribution >= 0.6 is 0 Å². The van der Waals surface area contributed by atoms with E-state index in [1.807, 2.05) is 0 Å². The molecule has 1 aliphatic carbocycles. The third kappa shape index (κ3) is 4.12. The molecular weight excluding hydrogens is 158 g/mol. The van der Waals surface area contributed by atoms with Gasteiger partial charge in [0.05, 0.1) is 0 Å². The van der Waals surface area contributed by atoms with E-state index in [4.69, 9.17) is 0 Å². The van der Waals surface area contributed by atoms with Gasteiger partial charge >= 0.3 is 0 Å². The predicted molar refractivity (Wildman–Crippen MR) is 58.9 cm³/mol. The summed E-state index contributed by atoms with van der Waals surface area (Å²) in [4.78, 5) is 0. The van der Waals surface area contributed by atoms with Crippen LogP contribution < -0.4 is 5.32 Å². The molecular formula is C12H25N. The summed E-state index contributed by atoms with van der Waals surface area (Å²) in [7, 11) is 0. The van der Waals surface area contributed by atoms with E-state index in [2.05, 4.69) is 26.1 Å². The zero-order valence-electron chi connectivity index (χ0n) is 9.47. The molecule has 0 saturated heterocycles. The van der Waals surface area contributed by atoms with Crippen molar-refractivity contribution in [1.29, 1.82) is 0 Å². The summed E-state index contributed by atoms with van der Waals surface area (Å²) in [5.74, 6) is 1.85. The zero-order chi connectivity index (χ0) is 9.68. The lowest BCUT2D eigenvalue weighted by Gasteiger charge is -2.36. The molecule has 1 fully saturated rings. The first-order chi connectivity index (χ1) is 6.22. The first kappa shape index (κ1) is 11.0. The van der Waals surface area contributed by atoms with Crippen molar-refractivity contribution in [2.24, 2.45) is 11.8 Å². The first-order valence-electron chi connectivity index (χ1n) is 5.95. The molecule has 0 aliphatic heterocycles. The molecule has 0 spiro atoms.